The Hall–Kier alpha value is -1.66. The normalized spacial score (nSPS) is 20.2. The predicted octanol–water partition coefficient (Wildman–Crippen LogP) is 3.77. The Kier molecular flexibility index (Phi) is 4.43. The molecule has 2 aromatic rings. The van der Waals surface area contributed by atoms with Gasteiger partial charge in [0.2, 0.25) is 0 Å². The van der Waals surface area contributed by atoms with Crippen molar-refractivity contribution in [2.75, 3.05) is 0 Å². The van der Waals surface area contributed by atoms with Gasteiger partial charge in [0, 0.05) is 23.9 Å². The zero-order chi connectivity index (χ0) is 18.5. The number of ether oxygens (including phenoxy) is 1. The van der Waals surface area contributed by atoms with Gasteiger partial charge in [0.05, 0.1) is 17.6 Å². The zero-order valence-electron chi connectivity index (χ0n) is 15.5. The van der Waals surface area contributed by atoms with Crippen molar-refractivity contribution in [1.82, 2.24) is 9.13 Å². The van der Waals surface area contributed by atoms with Crippen LogP contribution in [0.15, 0.2) is 22.2 Å². The van der Waals surface area contributed by atoms with E-state index in [0.717, 1.165) is 46.3 Å². The molecule has 5 nitrogen and oxygen atoms in total. The third kappa shape index (κ3) is 2.79. The van der Waals surface area contributed by atoms with Gasteiger partial charge in [-0.1, -0.05) is 25.3 Å². The average molecular weight is 375 g/mol. The van der Waals surface area contributed by atoms with Crippen LogP contribution in [0.2, 0.25) is 0 Å². The number of rotatable bonds is 3. The molecule has 2 aliphatic rings. The topological polar surface area (TPSA) is 53.2 Å². The van der Waals surface area contributed by atoms with E-state index in [0.29, 0.717) is 19.6 Å². The molecule has 1 saturated carbocycles. The minimum atomic E-state index is -0.289. The van der Waals surface area contributed by atoms with E-state index in [-0.39, 0.29) is 22.9 Å². The Morgan fingerprint density at radius 2 is 2.00 bits per heavy atom. The van der Waals surface area contributed by atoms with E-state index in [1.165, 1.54) is 17.8 Å². The largest absolute Gasteiger partial charge is 0.370 e. The molecule has 0 radical (unpaired) electrons. The summed E-state index contributed by atoms with van der Waals surface area (Å²) in [5, 5.41) is 0.730. The van der Waals surface area contributed by atoms with Crippen LogP contribution in [0.3, 0.4) is 0 Å². The molecule has 0 atom stereocenters. The molecule has 2 aromatic heterocycles. The Morgan fingerprint density at radius 3 is 2.69 bits per heavy atom. The molecule has 0 N–H and O–H groups in total. The van der Waals surface area contributed by atoms with Gasteiger partial charge in [0.25, 0.3) is 5.56 Å². The lowest BCUT2D eigenvalue weighted by molar-refractivity contribution is -0.0379. The third-order valence-corrected chi connectivity index (χ3v) is 6.86. The van der Waals surface area contributed by atoms with Crippen LogP contribution in [0.5, 0.6) is 0 Å². The molecule has 1 aliphatic carbocycles. The summed E-state index contributed by atoms with van der Waals surface area (Å²) in [6.45, 7) is 8.84. The van der Waals surface area contributed by atoms with Crippen molar-refractivity contribution in [3.63, 3.8) is 0 Å². The van der Waals surface area contributed by atoms with Crippen LogP contribution in [0.25, 0.3) is 10.2 Å². The van der Waals surface area contributed by atoms with Gasteiger partial charge in [-0.05, 0) is 32.3 Å². The maximum absolute atomic E-state index is 13.4. The van der Waals surface area contributed by atoms with E-state index >= 15 is 0 Å². The molecule has 4 rings (SSSR count). The second-order valence-electron chi connectivity index (χ2n) is 8.06. The maximum Gasteiger partial charge on any atom is 0.332 e. The Morgan fingerprint density at radius 1 is 1.27 bits per heavy atom. The highest BCUT2D eigenvalue weighted by atomic mass is 32.1. The van der Waals surface area contributed by atoms with Crippen molar-refractivity contribution in [3.05, 3.63) is 43.9 Å². The van der Waals surface area contributed by atoms with Gasteiger partial charge in [-0.2, -0.15) is 0 Å². The van der Waals surface area contributed by atoms with E-state index in [2.05, 4.69) is 20.4 Å². The standard InChI is InChI=1S/C20H26N2O3S/c1-4-10-21-18-16(14-11-20(2,3)25-12-15(14)26-18)17(23)22(19(21)24)13-8-6-5-7-9-13/h4,13H,1,5-12H2,2-3H3. The fourth-order valence-electron chi connectivity index (χ4n) is 4.33. The number of aromatic nitrogens is 2. The van der Waals surface area contributed by atoms with Crippen LogP contribution in [0.4, 0.5) is 0 Å². The maximum atomic E-state index is 13.4. The highest BCUT2D eigenvalue weighted by Crippen LogP contribution is 2.37. The first kappa shape index (κ1) is 17.7. The van der Waals surface area contributed by atoms with Crippen LogP contribution in [-0.2, 0) is 24.3 Å². The molecule has 140 valence electrons. The molecule has 0 unspecified atom stereocenters. The summed E-state index contributed by atoms with van der Waals surface area (Å²) >= 11 is 1.53. The zero-order valence-corrected chi connectivity index (χ0v) is 16.4. The van der Waals surface area contributed by atoms with Gasteiger partial charge >= 0.3 is 5.69 Å². The Balaban J connectivity index is 2.02. The van der Waals surface area contributed by atoms with Gasteiger partial charge in [-0.3, -0.25) is 13.9 Å². The first-order valence-electron chi connectivity index (χ1n) is 9.47. The van der Waals surface area contributed by atoms with Gasteiger partial charge in [0.1, 0.15) is 4.83 Å². The summed E-state index contributed by atoms with van der Waals surface area (Å²) in [6, 6.07) is 0.0209. The van der Waals surface area contributed by atoms with E-state index in [1.54, 1.807) is 15.2 Å². The highest BCUT2D eigenvalue weighted by Gasteiger charge is 2.32. The van der Waals surface area contributed by atoms with Crippen LogP contribution in [-0.4, -0.2) is 14.7 Å². The first-order chi connectivity index (χ1) is 12.4. The van der Waals surface area contributed by atoms with Crippen molar-refractivity contribution >= 4 is 21.6 Å². The molecular weight excluding hydrogens is 348 g/mol. The molecule has 1 aliphatic heterocycles. The fourth-order valence-corrected chi connectivity index (χ4v) is 5.55. The van der Waals surface area contributed by atoms with Gasteiger partial charge in [-0.25, -0.2) is 4.79 Å². The molecule has 6 heteroatoms. The monoisotopic (exact) mass is 374 g/mol. The number of nitrogens with zero attached hydrogens (tertiary/aromatic N) is 2. The smallest absolute Gasteiger partial charge is 0.332 e. The predicted molar refractivity (Wildman–Crippen MR) is 105 cm³/mol. The Bertz CT molecular complexity index is 974. The van der Waals surface area contributed by atoms with Crippen LogP contribution in [0.1, 0.15) is 62.4 Å². The number of hydrogen-bond donors (Lipinski definition) is 0. The summed E-state index contributed by atoms with van der Waals surface area (Å²) < 4.78 is 9.20. The minimum absolute atomic E-state index is 0.0209. The number of allylic oxidation sites excluding steroid dienone is 1. The van der Waals surface area contributed by atoms with Gasteiger partial charge in [-0.15, -0.1) is 17.9 Å². The quantitative estimate of drug-likeness (QED) is 0.769. The molecule has 26 heavy (non-hydrogen) atoms. The van der Waals surface area contributed by atoms with E-state index < -0.39 is 0 Å². The third-order valence-electron chi connectivity index (χ3n) is 5.63. The summed E-state index contributed by atoms with van der Waals surface area (Å²) in [5.41, 5.74) is 0.497. The second kappa shape index (κ2) is 6.50. The molecule has 1 fully saturated rings. The Labute approximate surface area is 156 Å². The van der Waals surface area contributed by atoms with Crippen LogP contribution in [0, 0.1) is 0 Å². The van der Waals surface area contributed by atoms with Crippen LogP contribution < -0.4 is 11.2 Å². The SMILES string of the molecule is C=CCn1c(=O)n(C2CCCCC2)c(=O)c2c3c(sc21)COC(C)(C)C3. The molecular formula is C20H26N2O3S. The number of hydrogen-bond acceptors (Lipinski definition) is 4. The second-order valence-corrected chi connectivity index (χ2v) is 9.14. The van der Waals surface area contributed by atoms with Crippen molar-refractivity contribution in [2.45, 2.75) is 77.2 Å². The molecule has 0 amide bonds. The van der Waals surface area contributed by atoms with Crippen molar-refractivity contribution in [1.29, 1.82) is 0 Å². The molecule has 3 heterocycles. The number of fused-ring (bicyclic) bond motifs is 3. The minimum Gasteiger partial charge on any atom is -0.370 e. The van der Waals surface area contributed by atoms with Gasteiger partial charge in [0.15, 0.2) is 0 Å². The van der Waals surface area contributed by atoms with E-state index in [9.17, 15) is 9.59 Å². The first-order valence-corrected chi connectivity index (χ1v) is 10.3. The lowest BCUT2D eigenvalue weighted by atomic mass is 9.93. The molecule has 0 spiro atoms. The highest BCUT2D eigenvalue weighted by molar-refractivity contribution is 7.18. The summed E-state index contributed by atoms with van der Waals surface area (Å²) in [5.74, 6) is 0. The molecule has 0 aromatic carbocycles. The number of thiophene rings is 1. The van der Waals surface area contributed by atoms with E-state index in [1.807, 2.05) is 0 Å². The molecule has 0 bridgehead atoms. The lowest BCUT2D eigenvalue weighted by Crippen LogP contribution is -2.43. The van der Waals surface area contributed by atoms with Crippen molar-refractivity contribution in [3.8, 4) is 0 Å². The summed E-state index contributed by atoms with van der Waals surface area (Å²) in [4.78, 5) is 28.5. The van der Waals surface area contributed by atoms with E-state index in [4.69, 9.17) is 4.74 Å². The fraction of sp³-hybridized carbons (Fsp3) is 0.600. The van der Waals surface area contributed by atoms with Gasteiger partial charge < -0.3 is 4.74 Å². The summed E-state index contributed by atoms with van der Waals surface area (Å²) in [7, 11) is 0. The van der Waals surface area contributed by atoms with Crippen LogP contribution >= 0.6 is 11.3 Å². The van der Waals surface area contributed by atoms with Crippen molar-refractivity contribution in [2.24, 2.45) is 0 Å². The van der Waals surface area contributed by atoms with Crippen molar-refractivity contribution < 1.29 is 4.74 Å². The average Bonchev–Trinajstić information content (AvgIpc) is 2.97. The summed E-state index contributed by atoms with van der Waals surface area (Å²) in [6.07, 6.45) is 7.61. The molecule has 0 saturated heterocycles. The lowest BCUT2D eigenvalue weighted by Gasteiger charge is -2.30.